The van der Waals surface area contributed by atoms with Gasteiger partial charge in [-0.05, 0) is 55.1 Å². The molecule has 0 fully saturated rings. The second-order valence-corrected chi connectivity index (χ2v) is 7.70. The van der Waals surface area contributed by atoms with E-state index in [1.807, 2.05) is 67.6 Å². The van der Waals surface area contributed by atoms with Gasteiger partial charge in [0.25, 0.3) is 5.91 Å². The van der Waals surface area contributed by atoms with Gasteiger partial charge in [-0.2, -0.15) is 0 Å². The molecule has 0 saturated carbocycles. The summed E-state index contributed by atoms with van der Waals surface area (Å²) in [5, 5.41) is 5.02. The van der Waals surface area contributed by atoms with Crippen LogP contribution in [-0.2, 0) is 4.79 Å². The number of nitrogens with zero attached hydrogens (tertiary/aromatic N) is 1. The average molecular weight is 418 g/mol. The van der Waals surface area contributed by atoms with Crippen molar-refractivity contribution < 1.29 is 19.1 Å². The van der Waals surface area contributed by atoms with E-state index in [0.29, 0.717) is 26.0 Å². The molecule has 4 rings (SSSR count). The first kappa shape index (κ1) is 20.7. The summed E-state index contributed by atoms with van der Waals surface area (Å²) < 4.78 is 10.8. The molecular weight excluding hydrogens is 392 g/mol. The first-order valence-electron chi connectivity index (χ1n) is 10.5. The van der Waals surface area contributed by atoms with Gasteiger partial charge in [-0.3, -0.25) is 9.59 Å². The largest absolute Gasteiger partial charge is 0.497 e. The fourth-order valence-electron chi connectivity index (χ4n) is 3.88. The van der Waals surface area contributed by atoms with Crippen LogP contribution in [0.5, 0.6) is 11.5 Å². The number of hydrogen-bond acceptors (Lipinski definition) is 4. The van der Waals surface area contributed by atoms with E-state index in [2.05, 4.69) is 5.32 Å². The number of hydrogen-bond donors (Lipinski definition) is 1. The van der Waals surface area contributed by atoms with Gasteiger partial charge in [0.1, 0.15) is 18.1 Å². The molecule has 1 unspecified atom stereocenters. The highest BCUT2D eigenvalue weighted by molar-refractivity contribution is 6.25. The molecule has 6 nitrogen and oxygen atoms in total. The van der Waals surface area contributed by atoms with E-state index in [1.165, 1.54) is 0 Å². The van der Waals surface area contributed by atoms with Crippen molar-refractivity contribution in [2.45, 2.75) is 25.8 Å². The summed E-state index contributed by atoms with van der Waals surface area (Å²) in [5.41, 5.74) is 1.67. The van der Waals surface area contributed by atoms with Gasteiger partial charge in [-0.25, -0.2) is 0 Å². The van der Waals surface area contributed by atoms with Crippen molar-refractivity contribution in [3.8, 4) is 11.5 Å². The van der Waals surface area contributed by atoms with E-state index in [0.717, 1.165) is 33.5 Å². The molecule has 0 bridgehead atoms. The predicted molar refractivity (Wildman–Crippen MR) is 121 cm³/mol. The van der Waals surface area contributed by atoms with Crippen molar-refractivity contribution in [2.24, 2.45) is 0 Å². The van der Waals surface area contributed by atoms with Gasteiger partial charge in [0, 0.05) is 23.9 Å². The van der Waals surface area contributed by atoms with Crippen molar-refractivity contribution >= 4 is 28.3 Å². The number of methoxy groups -OCH3 is 1. The summed E-state index contributed by atoms with van der Waals surface area (Å²) in [6, 6.07) is 18.9. The Morgan fingerprint density at radius 1 is 1.03 bits per heavy atom. The first-order chi connectivity index (χ1) is 15.1. The molecule has 3 aromatic carbocycles. The Hall–Kier alpha value is -3.54. The fourth-order valence-corrected chi connectivity index (χ4v) is 3.88. The number of rotatable bonds is 9. The van der Waals surface area contributed by atoms with Crippen molar-refractivity contribution in [3.63, 3.8) is 0 Å². The number of amides is 2. The summed E-state index contributed by atoms with van der Waals surface area (Å²) in [7, 11) is 1.62. The predicted octanol–water partition coefficient (Wildman–Crippen LogP) is 4.17. The second-order valence-electron chi connectivity index (χ2n) is 7.70. The molecule has 3 aromatic rings. The van der Waals surface area contributed by atoms with Crippen LogP contribution in [0.3, 0.4) is 0 Å². The van der Waals surface area contributed by atoms with Crippen molar-refractivity contribution in [2.75, 3.05) is 25.2 Å². The third kappa shape index (κ3) is 4.48. The minimum Gasteiger partial charge on any atom is -0.497 e. The average Bonchev–Trinajstić information content (AvgIpc) is 3.06. The molecule has 0 aliphatic carbocycles. The molecule has 0 radical (unpaired) electrons. The van der Waals surface area contributed by atoms with Gasteiger partial charge in [0.2, 0.25) is 5.91 Å². The van der Waals surface area contributed by atoms with Gasteiger partial charge < -0.3 is 19.7 Å². The Labute approximate surface area is 181 Å². The van der Waals surface area contributed by atoms with Crippen LogP contribution in [0.4, 0.5) is 5.69 Å². The molecule has 1 aliphatic rings. The highest BCUT2D eigenvalue weighted by Crippen LogP contribution is 2.37. The molecule has 1 atom stereocenters. The summed E-state index contributed by atoms with van der Waals surface area (Å²) in [5.74, 6) is 1.45. The Kier molecular flexibility index (Phi) is 6.07. The quantitative estimate of drug-likeness (QED) is 0.566. The Morgan fingerprint density at radius 3 is 2.48 bits per heavy atom. The van der Waals surface area contributed by atoms with Crippen LogP contribution in [-0.4, -0.2) is 38.1 Å². The van der Waals surface area contributed by atoms with Gasteiger partial charge in [-0.1, -0.05) is 24.3 Å². The number of benzene rings is 3. The van der Waals surface area contributed by atoms with E-state index >= 15 is 0 Å². The topological polar surface area (TPSA) is 67.9 Å². The van der Waals surface area contributed by atoms with E-state index < -0.39 is 0 Å². The molecule has 1 aliphatic heterocycles. The normalized spacial score (nSPS) is 13.4. The molecule has 0 spiro atoms. The van der Waals surface area contributed by atoms with Crippen LogP contribution in [0.25, 0.3) is 10.8 Å². The van der Waals surface area contributed by atoms with E-state index in [1.54, 1.807) is 12.0 Å². The molecule has 0 aromatic heterocycles. The zero-order valence-electron chi connectivity index (χ0n) is 17.8. The van der Waals surface area contributed by atoms with Crippen LogP contribution >= 0.6 is 0 Å². The molecular formula is C25H26N2O4. The molecule has 1 heterocycles. The number of carbonyl (C=O) groups is 2. The van der Waals surface area contributed by atoms with Gasteiger partial charge in [-0.15, -0.1) is 0 Å². The zero-order chi connectivity index (χ0) is 21.8. The summed E-state index contributed by atoms with van der Waals surface area (Å²) in [6.45, 7) is 2.79. The minimum absolute atomic E-state index is 0.00784. The highest BCUT2D eigenvalue weighted by Gasteiger charge is 2.29. The Morgan fingerprint density at radius 2 is 1.74 bits per heavy atom. The van der Waals surface area contributed by atoms with Crippen LogP contribution < -0.4 is 19.7 Å². The van der Waals surface area contributed by atoms with E-state index in [-0.39, 0.29) is 17.9 Å². The van der Waals surface area contributed by atoms with Crippen LogP contribution in [0.15, 0.2) is 60.7 Å². The Bertz CT molecular complexity index is 1090. The molecule has 31 heavy (non-hydrogen) atoms. The molecule has 1 N–H and O–H groups in total. The van der Waals surface area contributed by atoms with Crippen LogP contribution in [0.2, 0.25) is 0 Å². The van der Waals surface area contributed by atoms with Crippen LogP contribution in [0, 0.1) is 0 Å². The lowest BCUT2D eigenvalue weighted by Crippen LogP contribution is -2.37. The Balaban J connectivity index is 1.24. The maximum atomic E-state index is 12.8. The lowest BCUT2D eigenvalue weighted by atomic mass is 10.1. The first-order valence-corrected chi connectivity index (χ1v) is 10.5. The molecule has 2 amide bonds. The molecule has 6 heteroatoms. The maximum absolute atomic E-state index is 12.8. The maximum Gasteiger partial charge on any atom is 0.258 e. The SMILES string of the molecule is COc1ccc(OCC(C)NC(=O)CCCN2C(=O)c3cccc4cccc2c34)cc1. The van der Waals surface area contributed by atoms with Crippen molar-refractivity contribution in [3.05, 3.63) is 66.2 Å². The molecule has 0 saturated heterocycles. The lowest BCUT2D eigenvalue weighted by Gasteiger charge is -2.18. The summed E-state index contributed by atoms with van der Waals surface area (Å²) in [6.07, 6.45) is 0.941. The fraction of sp³-hybridized carbons (Fsp3) is 0.280. The summed E-state index contributed by atoms with van der Waals surface area (Å²) >= 11 is 0. The summed E-state index contributed by atoms with van der Waals surface area (Å²) in [4.78, 5) is 26.9. The lowest BCUT2D eigenvalue weighted by molar-refractivity contribution is -0.121. The van der Waals surface area contributed by atoms with Gasteiger partial charge >= 0.3 is 0 Å². The van der Waals surface area contributed by atoms with E-state index in [4.69, 9.17) is 9.47 Å². The third-order valence-electron chi connectivity index (χ3n) is 5.40. The third-order valence-corrected chi connectivity index (χ3v) is 5.40. The standard InChI is InChI=1S/C25H26N2O4/c1-17(16-31-20-13-11-19(30-2)12-14-20)26-23(28)10-5-15-27-22-9-4-7-18-6-3-8-21(24(18)22)25(27)29/h3-4,6-9,11-14,17H,5,10,15-16H2,1-2H3,(H,26,28). The van der Waals surface area contributed by atoms with Gasteiger partial charge in [0.15, 0.2) is 0 Å². The van der Waals surface area contributed by atoms with Crippen molar-refractivity contribution in [1.82, 2.24) is 5.32 Å². The second kappa shape index (κ2) is 9.08. The van der Waals surface area contributed by atoms with E-state index in [9.17, 15) is 9.59 Å². The number of ether oxygens (including phenoxy) is 2. The number of anilines is 1. The zero-order valence-corrected chi connectivity index (χ0v) is 17.8. The number of carbonyl (C=O) groups excluding carboxylic acids is 2. The monoisotopic (exact) mass is 418 g/mol. The van der Waals surface area contributed by atoms with Gasteiger partial charge in [0.05, 0.1) is 18.8 Å². The number of nitrogens with one attached hydrogen (secondary N) is 1. The highest BCUT2D eigenvalue weighted by atomic mass is 16.5. The minimum atomic E-state index is -0.124. The smallest absolute Gasteiger partial charge is 0.258 e. The van der Waals surface area contributed by atoms with Crippen LogP contribution in [0.1, 0.15) is 30.1 Å². The molecule has 160 valence electrons. The van der Waals surface area contributed by atoms with Crippen molar-refractivity contribution in [1.29, 1.82) is 0 Å².